The van der Waals surface area contributed by atoms with Gasteiger partial charge >= 0.3 is 0 Å². The van der Waals surface area contributed by atoms with Crippen molar-refractivity contribution in [3.05, 3.63) is 0 Å². The average Bonchev–Trinajstić information content (AvgIpc) is 3.27. The minimum atomic E-state index is -1.62. The van der Waals surface area contributed by atoms with Crippen LogP contribution in [0, 0.1) is 0 Å². The Labute approximate surface area is 240 Å². The Hall–Kier alpha value is -0.760. The van der Waals surface area contributed by atoms with E-state index in [1.54, 1.807) is 0 Å². The topological polar surface area (TPSA) is 347 Å². The molecule has 42 heavy (non-hydrogen) atoms. The quantitative estimate of drug-likeness (QED) is 0.114. The molecule has 3 saturated heterocycles. The van der Waals surface area contributed by atoms with E-state index < -0.39 is 129 Å². The van der Waals surface area contributed by atoms with Crippen LogP contribution in [0.5, 0.6) is 0 Å². The molecule has 0 aromatic rings. The van der Waals surface area contributed by atoms with Crippen LogP contribution in [0.4, 0.5) is 0 Å². The molecular formula is C23H45N5O14. The maximum Gasteiger partial charge on any atom is 0.187 e. The van der Waals surface area contributed by atoms with E-state index in [0.717, 1.165) is 0 Å². The van der Waals surface area contributed by atoms with Crippen LogP contribution in [0.15, 0.2) is 0 Å². The van der Waals surface area contributed by atoms with Crippen molar-refractivity contribution in [1.29, 1.82) is 0 Å². The molecule has 0 aromatic carbocycles. The van der Waals surface area contributed by atoms with Gasteiger partial charge in [0.15, 0.2) is 18.9 Å². The Bertz CT molecular complexity index is 866. The van der Waals surface area contributed by atoms with Gasteiger partial charge in [-0.2, -0.15) is 0 Å². The molecular weight excluding hydrogens is 570 g/mol. The summed E-state index contributed by atoms with van der Waals surface area (Å²) in [6, 6.07) is -4.30. The van der Waals surface area contributed by atoms with E-state index >= 15 is 0 Å². The molecule has 19 heteroatoms. The van der Waals surface area contributed by atoms with Crippen LogP contribution in [0.2, 0.25) is 0 Å². The van der Waals surface area contributed by atoms with Crippen molar-refractivity contribution in [2.75, 3.05) is 19.8 Å². The van der Waals surface area contributed by atoms with Crippen molar-refractivity contribution in [1.82, 2.24) is 0 Å². The van der Waals surface area contributed by atoms with Gasteiger partial charge in [0, 0.05) is 18.6 Å². The van der Waals surface area contributed by atoms with Crippen LogP contribution in [0.25, 0.3) is 0 Å². The first kappa shape index (κ1) is 34.1. The summed E-state index contributed by atoms with van der Waals surface area (Å²) in [5.41, 5.74) is 29.9. The van der Waals surface area contributed by atoms with Crippen molar-refractivity contribution in [3.8, 4) is 0 Å². The lowest BCUT2D eigenvalue weighted by Gasteiger charge is -2.47. The Balaban J connectivity index is 1.50. The summed E-state index contributed by atoms with van der Waals surface area (Å²) in [5.74, 6) is 0. The predicted octanol–water partition coefficient (Wildman–Crippen LogP) is -8.86. The first-order valence-electron chi connectivity index (χ1n) is 13.8. The SMILES string of the molecule is NC[C@H]1OC(O[C@H]2[C@@H](O)[C@H](O[C@H]3[C@H](O)[C@@H](N)C[C@@H](N)[C@@H]3O[C@H]3O[C@H](CO)[C@@H](O)[C@H](O)[C@H]3N)O[C@@H]2CO)[C@H](N)[C@@H](O)[C@@H]1O. The second kappa shape index (κ2) is 14.1. The summed E-state index contributed by atoms with van der Waals surface area (Å²) in [5, 5.41) is 82.3. The molecule has 0 radical (unpaired) electrons. The molecule has 3 heterocycles. The summed E-state index contributed by atoms with van der Waals surface area (Å²) < 4.78 is 34.4. The summed E-state index contributed by atoms with van der Waals surface area (Å²) in [6.45, 7) is -1.49. The van der Waals surface area contributed by atoms with E-state index in [9.17, 15) is 40.9 Å². The van der Waals surface area contributed by atoms with Crippen LogP contribution in [-0.4, -0.2) is 177 Å². The number of rotatable bonds is 9. The summed E-state index contributed by atoms with van der Waals surface area (Å²) in [6.07, 6.45) is -20.5. The Morgan fingerprint density at radius 3 is 1.55 bits per heavy atom. The lowest BCUT2D eigenvalue weighted by atomic mass is 9.84. The number of aliphatic hydroxyl groups is 8. The first-order chi connectivity index (χ1) is 19.8. The number of aliphatic hydroxyl groups excluding tert-OH is 8. The van der Waals surface area contributed by atoms with Gasteiger partial charge in [0.25, 0.3) is 0 Å². The van der Waals surface area contributed by atoms with Gasteiger partial charge in [-0.25, -0.2) is 0 Å². The molecule has 246 valence electrons. The smallest absolute Gasteiger partial charge is 0.187 e. The van der Waals surface area contributed by atoms with Crippen LogP contribution in [-0.2, 0) is 28.4 Å². The number of nitrogens with two attached hydrogens (primary N) is 5. The second-order valence-electron chi connectivity index (χ2n) is 11.2. The molecule has 4 fully saturated rings. The minimum Gasteiger partial charge on any atom is -0.394 e. The molecule has 1 aliphatic carbocycles. The highest BCUT2D eigenvalue weighted by atomic mass is 16.8. The third-order valence-corrected chi connectivity index (χ3v) is 8.32. The molecule has 1 saturated carbocycles. The van der Waals surface area contributed by atoms with Gasteiger partial charge in [-0.15, -0.1) is 0 Å². The number of hydrogen-bond donors (Lipinski definition) is 13. The highest BCUT2D eigenvalue weighted by molar-refractivity contribution is 5.02. The van der Waals surface area contributed by atoms with Crippen molar-refractivity contribution < 1.29 is 69.3 Å². The van der Waals surface area contributed by atoms with Crippen molar-refractivity contribution in [2.24, 2.45) is 28.7 Å². The molecule has 0 aromatic heterocycles. The van der Waals surface area contributed by atoms with E-state index in [-0.39, 0.29) is 13.0 Å². The Morgan fingerprint density at radius 1 is 0.524 bits per heavy atom. The molecule has 0 spiro atoms. The highest BCUT2D eigenvalue weighted by Gasteiger charge is 2.54. The van der Waals surface area contributed by atoms with Crippen molar-refractivity contribution in [3.63, 3.8) is 0 Å². The fourth-order valence-corrected chi connectivity index (χ4v) is 5.70. The average molecular weight is 616 g/mol. The van der Waals surface area contributed by atoms with E-state index in [1.807, 2.05) is 0 Å². The van der Waals surface area contributed by atoms with Gasteiger partial charge in [-0.3, -0.25) is 0 Å². The van der Waals surface area contributed by atoms with Gasteiger partial charge in [-0.1, -0.05) is 0 Å². The summed E-state index contributed by atoms with van der Waals surface area (Å²) in [4.78, 5) is 0. The number of hydrogen-bond acceptors (Lipinski definition) is 19. The fraction of sp³-hybridized carbons (Fsp3) is 1.00. The predicted molar refractivity (Wildman–Crippen MR) is 136 cm³/mol. The van der Waals surface area contributed by atoms with E-state index in [1.165, 1.54) is 0 Å². The fourth-order valence-electron chi connectivity index (χ4n) is 5.70. The molecule has 0 amide bonds. The molecule has 0 bridgehead atoms. The van der Waals surface area contributed by atoms with Gasteiger partial charge in [0.2, 0.25) is 0 Å². The molecule has 18 N–H and O–H groups in total. The largest absolute Gasteiger partial charge is 0.394 e. The van der Waals surface area contributed by atoms with Crippen molar-refractivity contribution in [2.45, 2.75) is 123 Å². The van der Waals surface area contributed by atoms with E-state index in [2.05, 4.69) is 0 Å². The number of ether oxygens (including phenoxy) is 6. The van der Waals surface area contributed by atoms with Crippen LogP contribution >= 0.6 is 0 Å². The maximum atomic E-state index is 11.1. The zero-order valence-corrected chi connectivity index (χ0v) is 22.7. The first-order valence-corrected chi connectivity index (χ1v) is 13.8. The Kier molecular flexibility index (Phi) is 11.5. The van der Waals surface area contributed by atoms with E-state index in [4.69, 9.17) is 57.1 Å². The Morgan fingerprint density at radius 2 is 1.00 bits per heavy atom. The van der Waals surface area contributed by atoms with Gasteiger partial charge in [-0.05, 0) is 6.42 Å². The highest BCUT2D eigenvalue weighted by Crippen LogP contribution is 2.34. The van der Waals surface area contributed by atoms with Crippen LogP contribution in [0.1, 0.15) is 6.42 Å². The van der Waals surface area contributed by atoms with Crippen molar-refractivity contribution >= 4 is 0 Å². The summed E-state index contributed by atoms with van der Waals surface area (Å²) in [7, 11) is 0. The van der Waals surface area contributed by atoms with Gasteiger partial charge < -0.3 is 97.9 Å². The summed E-state index contributed by atoms with van der Waals surface area (Å²) >= 11 is 0. The molecule has 3 aliphatic heterocycles. The zero-order chi connectivity index (χ0) is 31.0. The molecule has 1 unspecified atom stereocenters. The second-order valence-corrected chi connectivity index (χ2v) is 11.2. The lowest BCUT2D eigenvalue weighted by molar-refractivity contribution is -0.310. The zero-order valence-electron chi connectivity index (χ0n) is 22.7. The molecule has 4 aliphatic rings. The third-order valence-electron chi connectivity index (χ3n) is 8.32. The van der Waals surface area contributed by atoms with Crippen LogP contribution in [0.3, 0.4) is 0 Å². The maximum absolute atomic E-state index is 11.1. The molecule has 4 rings (SSSR count). The monoisotopic (exact) mass is 615 g/mol. The lowest BCUT2D eigenvalue weighted by Crippen LogP contribution is -2.68. The van der Waals surface area contributed by atoms with E-state index in [0.29, 0.717) is 0 Å². The molecule has 19 nitrogen and oxygen atoms in total. The standard InChI is InChI=1S/C23H45N5O14/c24-2-7-13(32)15(34)10(27)21(37-7)41-19-9(4-30)39-23(17(19)36)42-20-12(31)5(25)1-6(26)18(20)40-22-11(28)16(35)14(33)8(3-29)38-22/h5-23,29-36H,1-4,24-28H2/t5-,6+,7+,8+,9+,10+,11+,12+,13+,14+,15+,16+,17+,18-,19+,20-,21?,22+,23-/m0/s1. The molecule has 19 atom stereocenters. The normalized spacial score (nSPS) is 53.8. The minimum absolute atomic E-state index is 0.0642. The van der Waals surface area contributed by atoms with Gasteiger partial charge in [0.05, 0.1) is 31.4 Å². The van der Waals surface area contributed by atoms with Crippen LogP contribution < -0.4 is 28.7 Å². The third kappa shape index (κ3) is 6.60. The van der Waals surface area contributed by atoms with Gasteiger partial charge in [0.1, 0.15) is 67.1 Å².